The van der Waals surface area contributed by atoms with Crippen LogP contribution in [0.1, 0.15) is 42.5 Å². The maximum Gasteiger partial charge on any atom is 0.0986 e. The third-order valence-electron chi connectivity index (χ3n) is 4.37. The van der Waals surface area contributed by atoms with Gasteiger partial charge in [0.1, 0.15) is 0 Å². The third kappa shape index (κ3) is 3.34. The van der Waals surface area contributed by atoms with Crippen LogP contribution in [-0.4, -0.2) is 23.1 Å². The molecule has 3 rings (SSSR count). The fraction of sp³-hybridized carbons (Fsp3) is 0.368. The highest BCUT2D eigenvalue weighted by Crippen LogP contribution is 2.35. The molecule has 1 N–H and O–H groups in total. The molecule has 1 aliphatic heterocycles. The smallest absolute Gasteiger partial charge is 0.0986 e. The van der Waals surface area contributed by atoms with Gasteiger partial charge in [0.05, 0.1) is 12.1 Å². The van der Waals surface area contributed by atoms with Gasteiger partial charge in [0.15, 0.2) is 0 Å². The van der Waals surface area contributed by atoms with Crippen molar-refractivity contribution in [2.75, 3.05) is 13.1 Å². The molecule has 0 spiro atoms. The van der Waals surface area contributed by atoms with Crippen molar-refractivity contribution in [3.63, 3.8) is 0 Å². The van der Waals surface area contributed by atoms with Crippen LogP contribution < -0.4 is 0 Å². The molecule has 0 aliphatic carbocycles. The molecule has 0 bridgehead atoms. The van der Waals surface area contributed by atoms with E-state index in [4.69, 9.17) is 0 Å². The minimum absolute atomic E-state index is 0.0499. The van der Waals surface area contributed by atoms with Gasteiger partial charge >= 0.3 is 0 Å². The Morgan fingerprint density at radius 3 is 1.81 bits per heavy atom. The summed E-state index contributed by atoms with van der Waals surface area (Å²) in [5.41, 5.74) is 2.20. The van der Waals surface area contributed by atoms with Gasteiger partial charge in [0, 0.05) is 0 Å². The zero-order valence-electron chi connectivity index (χ0n) is 12.4. The summed E-state index contributed by atoms with van der Waals surface area (Å²) < 4.78 is 0. The van der Waals surface area contributed by atoms with Crippen molar-refractivity contribution in [2.24, 2.45) is 0 Å². The Morgan fingerprint density at radius 1 is 0.714 bits per heavy atom. The number of nitrogens with zero attached hydrogens (tertiary/aromatic N) is 1. The predicted molar refractivity (Wildman–Crippen MR) is 86.0 cm³/mol. The lowest BCUT2D eigenvalue weighted by atomic mass is 9.93. The van der Waals surface area contributed by atoms with Crippen LogP contribution in [-0.2, 0) is 0 Å². The van der Waals surface area contributed by atoms with Gasteiger partial charge in [-0.2, -0.15) is 0 Å². The minimum Gasteiger partial charge on any atom is -0.386 e. The molecule has 1 aliphatic rings. The fourth-order valence-corrected chi connectivity index (χ4v) is 3.27. The molecule has 2 nitrogen and oxygen atoms in total. The SMILES string of the molecule is O[C@@H](c1ccccc1)[C@@H](c1ccccc1)N1CCCCC1. The van der Waals surface area contributed by atoms with Crippen LogP contribution in [0.25, 0.3) is 0 Å². The number of aliphatic hydroxyl groups is 1. The van der Waals surface area contributed by atoms with Gasteiger partial charge in [-0.05, 0) is 37.1 Å². The molecule has 0 aromatic heterocycles. The van der Waals surface area contributed by atoms with Crippen LogP contribution in [0.5, 0.6) is 0 Å². The number of benzene rings is 2. The van der Waals surface area contributed by atoms with Gasteiger partial charge in [-0.1, -0.05) is 67.1 Å². The van der Waals surface area contributed by atoms with Gasteiger partial charge in [-0.3, -0.25) is 4.90 Å². The summed E-state index contributed by atoms with van der Waals surface area (Å²) in [7, 11) is 0. The zero-order valence-corrected chi connectivity index (χ0v) is 12.4. The van der Waals surface area contributed by atoms with E-state index in [1.54, 1.807) is 0 Å². The summed E-state index contributed by atoms with van der Waals surface area (Å²) in [4.78, 5) is 2.44. The topological polar surface area (TPSA) is 23.5 Å². The summed E-state index contributed by atoms with van der Waals surface area (Å²) >= 11 is 0. The van der Waals surface area contributed by atoms with Crippen LogP contribution in [0.4, 0.5) is 0 Å². The number of hydrogen-bond acceptors (Lipinski definition) is 2. The maximum atomic E-state index is 10.9. The molecule has 0 saturated carbocycles. The number of likely N-dealkylation sites (tertiary alicyclic amines) is 1. The molecule has 1 heterocycles. The largest absolute Gasteiger partial charge is 0.386 e. The number of aliphatic hydroxyl groups excluding tert-OH is 1. The monoisotopic (exact) mass is 281 g/mol. The Bertz CT molecular complexity index is 534. The fourth-order valence-electron chi connectivity index (χ4n) is 3.27. The Hall–Kier alpha value is -1.64. The standard InChI is InChI=1S/C19H23NO/c21-19(17-12-6-2-7-13-17)18(16-10-4-1-5-11-16)20-14-8-3-9-15-20/h1-2,4-7,10-13,18-19,21H,3,8-9,14-15H2/t18-,19+/m1/s1. The van der Waals surface area contributed by atoms with Crippen LogP contribution in [0, 0.1) is 0 Å². The summed E-state index contributed by atoms with van der Waals surface area (Å²) in [5.74, 6) is 0. The third-order valence-corrected chi connectivity index (χ3v) is 4.37. The van der Waals surface area contributed by atoms with Crippen LogP contribution in [0.15, 0.2) is 60.7 Å². The zero-order chi connectivity index (χ0) is 14.5. The summed E-state index contributed by atoms with van der Waals surface area (Å²) in [6.07, 6.45) is 3.28. The van der Waals surface area contributed by atoms with Gasteiger partial charge in [0.25, 0.3) is 0 Å². The Kier molecular flexibility index (Phi) is 4.69. The van der Waals surface area contributed by atoms with Crippen molar-refractivity contribution in [3.8, 4) is 0 Å². The predicted octanol–water partition coefficient (Wildman–Crippen LogP) is 3.95. The second-order valence-corrected chi connectivity index (χ2v) is 5.81. The number of piperidine rings is 1. The summed E-state index contributed by atoms with van der Waals surface area (Å²) in [6.45, 7) is 2.15. The Balaban J connectivity index is 1.92. The van der Waals surface area contributed by atoms with E-state index in [2.05, 4.69) is 29.2 Å². The average Bonchev–Trinajstić information content (AvgIpc) is 2.58. The van der Waals surface area contributed by atoms with Crippen LogP contribution in [0.2, 0.25) is 0 Å². The molecular formula is C19H23NO. The van der Waals surface area contributed by atoms with E-state index in [9.17, 15) is 5.11 Å². The van der Waals surface area contributed by atoms with E-state index in [-0.39, 0.29) is 6.04 Å². The molecule has 21 heavy (non-hydrogen) atoms. The lowest BCUT2D eigenvalue weighted by molar-refractivity contribution is 0.0362. The molecule has 2 aromatic carbocycles. The highest BCUT2D eigenvalue weighted by molar-refractivity contribution is 5.26. The molecule has 1 saturated heterocycles. The van der Waals surface area contributed by atoms with Crippen molar-refractivity contribution in [3.05, 3.63) is 71.8 Å². The van der Waals surface area contributed by atoms with E-state index in [1.165, 1.54) is 24.8 Å². The highest BCUT2D eigenvalue weighted by atomic mass is 16.3. The van der Waals surface area contributed by atoms with E-state index < -0.39 is 6.10 Å². The van der Waals surface area contributed by atoms with Crippen molar-refractivity contribution < 1.29 is 5.11 Å². The first-order chi connectivity index (χ1) is 10.4. The Labute approximate surface area is 127 Å². The summed E-state index contributed by atoms with van der Waals surface area (Å²) in [5, 5.41) is 10.9. The molecule has 0 radical (unpaired) electrons. The first kappa shape index (κ1) is 14.3. The lowest BCUT2D eigenvalue weighted by Crippen LogP contribution is -2.36. The molecule has 0 amide bonds. The maximum absolute atomic E-state index is 10.9. The number of hydrogen-bond donors (Lipinski definition) is 1. The van der Waals surface area contributed by atoms with Crippen molar-refractivity contribution in [2.45, 2.75) is 31.4 Å². The normalized spacial score (nSPS) is 19.1. The van der Waals surface area contributed by atoms with Gasteiger partial charge in [-0.15, -0.1) is 0 Å². The van der Waals surface area contributed by atoms with E-state index in [1.807, 2.05) is 36.4 Å². The van der Waals surface area contributed by atoms with Gasteiger partial charge in [0.2, 0.25) is 0 Å². The van der Waals surface area contributed by atoms with Crippen molar-refractivity contribution in [1.29, 1.82) is 0 Å². The van der Waals surface area contributed by atoms with Gasteiger partial charge < -0.3 is 5.11 Å². The summed E-state index contributed by atoms with van der Waals surface area (Å²) in [6, 6.07) is 20.5. The first-order valence-electron chi connectivity index (χ1n) is 7.88. The van der Waals surface area contributed by atoms with E-state index >= 15 is 0 Å². The minimum atomic E-state index is -0.480. The molecule has 0 unspecified atom stereocenters. The first-order valence-corrected chi connectivity index (χ1v) is 7.88. The van der Waals surface area contributed by atoms with Crippen LogP contribution >= 0.6 is 0 Å². The average molecular weight is 281 g/mol. The van der Waals surface area contributed by atoms with E-state index in [0.29, 0.717) is 0 Å². The molecule has 2 heteroatoms. The highest BCUT2D eigenvalue weighted by Gasteiger charge is 2.29. The molecule has 2 aromatic rings. The van der Waals surface area contributed by atoms with Crippen LogP contribution in [0.3, 0.4) is 0 Å². The molecule has 1 fully saturated rings. The quantitative estimate of drug-likeness (QED) is 0.917. The molecular weight excluding hydrogens is 258 g/mol. The van der Waals surface area contributed by atoms with E-state index in [0.717, 1.165) is 18.7 Å². The van der Waals surface area contributed by atoms with Crippen molar-refractivity contribution >= 4 is 0 Å². The molecule has 110 valence electrons. The molecule has 2 atom stereocenters. The lowest BCUT2D eigenvalue weighted by Gasteiger charge is -2.37. The second-order valence-electron chi connectivity index (χ2n) is 5.81. The Morgan fingerprint density at radius 2 is 1.24 bits per heavy atom. The second kappa shape index (κ2) is 6.88. The van der Waals surface area contributed by atoms with Crippen molar-refractivity contribution in [1.82, 2.24) is 4.90 Å². The van der Waals surface area contributed by atoms with Gasteiger partial charge in [-0.25, -0.2) is 0 Å². The number of rotatable bonds is 4.